The molecule has 0 fully saturated rings. The third-order valence-corrected chi connectivity index (χ3v) is 3.47. The highest BCUT2D eigenvalue weighted by atomic mass is 32.2. The number of anilines is 1. The molecule has 0 aliphatic rings. The molecule has 0 aliphatic carbocycles. The Bertz CT molecular complexity index is 625. The fourth-order valence-electron chi connectivity index (χ4n) is 1.74. The Labute approximate surface area is 119 Å². The van der Waals surface area contributed by atoms with Crippen LogP contribution in [-0.4, -0.2) is 43.5 Å². The molecule has 1 aromatic carbocycles. The van der Waals surface area contributed by atoms with Crippen LogP contribution in [-0.2, 0) is 10.8 Å². The first-order valence-electron chi connectivity index (χ1n) is 6.15. The SMILES string of the molecule is CC(=O)c1nnn(-c2ccccc2)c1NCC[S@](C)=O. The number of rotatable bonds is 6. The fraction of sp³-hybridized carbons (Fsp3) is 0.308. The summed E-state index contributed by atoms with van der Waals surface area (Å²) in [7, 11) is -0.893. The maximum Gasteiger partial charge on any atom is 0.183 e. The van der Waals surface area contributed by atoms with Gasteiger partial charge in [-0.2, -0.15) is 4.68 Å². The minimum atomic E-state index is -0.893. The van der Waals surface area contributed by atoms with E-state index in [0.717, 1.165) is 5.69 Å². The van der Waals surface area contributed by atoms with Gasteiger partial charge in [-0.25, -0.2) is 0 Å². The van der Waals surface area contributed by atoms with E-state index in [1.165, 1.54) is 6.92 Å². The van der Waals surface area contributed by atoms with Crippen molar-refractivity contribution in [2.45, 2.75) is 6.92 Å². The first kappa shape index (κ1) is 14.4. The number of carbonyl (C=O) groups is 1. The summed E-state index contributed by atoms with van der Waals surface area (Å²) < 4.78 is 12.7. The lowest BCUT2D eigenvalue weighted by atomic mass is 10.3. The maximum absolute atomic E-state index is 11.6. The van der Waals surface area contributed by atoms with Gasteiger partial charge in [-0.3, -0.25) is 9.00 Å². The summed E-state index contributed by atoms with van der Waals surface area (Å²) in [5.41, 5.74) is 1.10. The summed E-state index contributed by atoms with van der Waals surface area (Å²) in [6, 6.07) is 9.42. The van der Waals surface area contributed by atoms with Crippen molar-refractivity contribution in [1.29, 1.82) is 0 Å². The van der Waals surface area contributed by atoms with Gasteiger partial charge in [-0.15, -0.1) is 5.10 Å². The van der Waals surface area contributed by atoms with E-state index in [2.05, 4.69) is 15.6 Å². The molecule has 7 heteroatoms. The van der Waals surface area contributed by atoms with Crippen LogP contribution in [0.5, 0.6) is 0 Å². The minimum Gasteiger partial charge on any atom is -0.367 e. The molecular weight excluding hydrogens is 276 g/mol. The molecule has 0 saturated carbocycles. The molecule has 0 saturated heterocycles. The van der Waals surface area contributed by atoms with E-state index in [-0.39, 0.29) is 11.5 Å². The minimum absolute atomic E-state index is 0.160. The molecule has 1 heterocycles. The van der Waals surface area contributed by atoms with Gasteiger partial charge >= 0.3 is 0 Å². The predicted molar refractivity (Wildman–Crippen MR) is 78.8 cm³/mol. The molecule has 0 spiro atoms. The fourth-order valence-corrected chi connectivity index (χ4v) is 2.13. The van der Waals surface area contributed by atoms with Crippen LogP contribution >= 0.6 is 0 Å². The number of hydrogen-bond donors (Lipinski definition) is 1. The normalized spacial score (nSPS) is 12.1. The zero-order chi connectivity index (χ0) is 14.5. The van der Waals surface area contributed by atoms with Crippen LogP contribution in [0, 0.1) is 0 Å². The molecule has 1 aromatic heterocycles. The second-order valence-corrected chi connectivity index (χ2v) is 5.85. The van der Waals surface area contributed by atoms with Gasteiger partial charge in [0.15, 0.2) is 17.3 Å². The van der Waals surface area contributed by atoms with E-state index < -0.39 is 10.8 Å². The first-order valence-corrected chi connectivity index (χ1v) is 7.88. The molecule has 0 unspecified atom stereocenters. The number of aromatic nitrogens is 3. The van der Waals surface area contributed by atoms with Gasteiger partial charge in [0.05, 0.1) is 5.69 Å². The van der Waals surface area contributed by atoms with Crippen LogP contribution in [0.15, 0.2) is 30.3 Å². The molecule has 0 bridgehead atoms. The highest BCUT2D eigenvalue weighted by Crippen LogP contribution is 2.18. The van der Waals surface area contributed by atoms with Crippen molar-refractivity contribution in [2.24, 2.45) is 0 Å². The number of ketones is 1. The number of Topliss-reactive ketones (excluding diaryl/α,β-unsaturated/α-hetero) is 1. The zero-order valence-electron chi connectivity index (χ0n) is 11.4. The molecule has 0 amide bonds. The second kappa shape index (κ2) is 6.42. The first-order chi connectivity index (χ1) is 9.59. The Morgan fingerprint density at radius 3 is 2.65 bits per heavy atom. The molecule has 106 valence electrons. The van der Waals surface area contributed by atoms with Crippen molar-refractivity contribution in [3.05, 3.63) is 36.0 Å². The second-order valence-electron chi connectivity index (χ2n) is 4.29. The number of nitrogens with one attached hydrogen (secondary N) is 1. The lowest BCUT2D eigenvalue weighted by Gasteiger charge is -2.09. The van der Waals surface area contributed by atoms with Gasteiger partial charge in [0, 0.05) is 36.3 Å². The van der Waals surface area contributed by atoms with Crippen LogP contribution in [0.25, 0.3) is 5.69 Å². The number of carbonyl (C=O) groups excluding carboxylic acids is 1. The predicted octanol–water partition coefficient (Wildman–Crippen LogP) is 1.26. The van der Waals surface area contributed by atoms with Gasteiger partial charge in [0.25, 0.3) is 0 Å². The highest BCUT2D eigenvalue weighted by molar-refractivity contribution is 7.84. The third-order valence-electron chi connectivity index (χ3n) is 2.69. The van der Waals surface area contributed by atoms with Crippen molar-refractivity contribution in [1.82, 2.24) is 15.0 Å². The average molecular weight is 292 g/mol. The molecule has 2 aromatic rings. The molecule has 0 aliphatic heterocycles. The molecule has 20 heavy (non-hydrogen) atoms. The van der Waals surface area contributed by atoms with E-state index in [4.69, 9.17) is 0 Å². The molecule has 1 N–H and O–H groups in total. The van der Waals surface area contributed by atoms with Crippen LogP contribution in [0.4, 0.5) is 5.82 Å². The van der Waals surface area contributed by atoms with E-state index >= 15 is 0 Å². The van der Waals surface area contributed by atoms with Crippen molar-refractivity contribution in [3.63, 3.8) is 0 Å². The summed E-state index contributed by atoms with van der Waals surface area (Å²) in [4.78, 5) is 11.6. The Hall–Kier alpha value is -2.02. The Balaban J connectivity index is 2.32. The molecular formula is C13H16N4O2S. The van der Waals surface area contributed by atoms with Crippen molar-refractivity contribution in [3.8, 4) is 5.69 Å². The Morgan fingerprint density at radius 2 is 2.05 bits per heavy atom. The number of benzene rings is 1. The van der Waals surface area contributed by atoms with E-state index in [9.17, 15) is 9.00 Å². The maximum atomic E-state index is 11.6. The summed E-state index contributed by atoms with van der Waals surface area (Å²) in [6.45, 7) is 1.94. The molecule has 1 atom stereocenters. The standard InChI is InChI=1S/C13H16N4O2S/c1-10(18)12-13(14-8-9-20(2)19)17(16-15-12)11-6-4-3-5-7-11/h3-7,14H,8-9H2,1-2H3/t20-/m0/s1. The quantitative estimate of drug-likeness (QED) is 0.811. The van der Waals surface area contributed by atoms with E-state index in [1.54, 1.807) is 10.9 Å². The zero-order valence-corrected chi connectivity index (χ0v) is 12.2. The molecule has 2 rings (SSSR count). The molecule has 0 radical (unpaired) electrons. The van der Waals surface area contributed by atoms with Crippen molar-refractivity contribution >= 4 is 22.4 Å². The monoisotopic (exact) mass is 292 g/mol. The lowest BCUT2D eigenvalue weighted by molar-refractivity contribution is 0.101. The van der Waals surface area contributed by atoms with E-state index in [0.29, 0.717) is 18.1 Å². The number of hydrogen-bond acceptors (Lipinski definition) is 5. The summed E-state index contributed by atoms with van der Waals surface area (Å²) in [5.74, 6) is 0.874. The summed E-state index contributed by atoms with van der Waals surface area (Å²) in [5, 5.41) is 11.0. The van der Waals surface area contributed by atoms with Gasteiger partial charge in [-0.1, -0.05) is 23.4 Å². The number of para-hydroxylation sites is 1. The van der Waals surface area contributed by atoms with Gasteiger partial charge in [0.1, 0.15) is 0 Å². The third kappa shape index (κ3) is 3.30. The van der Waals surface area contributed by atoms with Crippen molar-refractivity contribution in [2.75, 3.05) is 23.9 Å². The Kier molecular flexibility index (Phi) is 4.62. The van der Waals surface area contributed by atoms with Crippen LogP contribution in [0.1, 0.15) is 17.4 Å². The van der Waals surface area contributed by atoms with Crippen LogP contribution < -0.4 is 5.32 Å². The van der Waals surface area contributed by atoms with Crippen LogP contribution in [0.2, 0.25) is 0 Å². The summed E-state index contributed by atoms with van der Waals surface area (Å²) >= 11 is 0. The van der Waals surface area contributed by atoms with Gasteiger partial charge in [0.2, 0.25) is 0 Å². The largest absolute Gasteiger partial charge is 0.367 e. The topological polar surface area (TPSA) is 76.9 Å². The highest BCUT2D eigenvalue weighted by Gasteiger charge is 2.17. The van der Waals surface area contributed by atoms with Gasteiger partial charge < -0.3 is 5.32 Å². The van der Waals surface area contributed by atoms with E-state index in [1.807, 2.05) is 30.3 Å². The lowest BCUT2D eigenvalue weighted by Crippen LogP contribution is -2.15. The Morgan fingerprint density at radius 1 is 1.35 bits per heavy atom. The van der Waals surface area contributed by atoms with Crippen LogP contribution in [0.3, 0.4) is 0 Å². The van der Waals surface area contributed by atoms with Crippen molar-refractivity contribution < 1.29 is 9.00 Å². The average Bonchev–Trinajstić information content (AvgIpc) is 2.83. The smallest absolute Gasteiger partial charge is 0.183 e. The van der Waals surface area contributed by atoms with Gasteiger partial charge in [-0.05, 0) is 12.1 Å². The molecule has 6 nitrogen and oxygen atoms in total. The number of nitrogens with zero attached hydrogens (tertiary/aromatic N) is 3. The summed E-state index contributed by atoms with van der Waals surface area (Å²) in [6.07, 6.45) is 1.64.